The fourth-order valence-corrected chi connectivity index (χ4v) is 7.72. The average Bonchev–Trinajstić information content (AvgIpc) is 3.72. The van der Waals surface area contributed by atoms with Crippen LogP contribution in [0.1, 0.15) is 42.1 Å². The van der Waals surface area contributed by atoms with Crippen molar-refractivity contribution < 1.29 is 22.7 Å². The molecule has 0 bridgehead atoms. The lowest BCUT2D eigenvalue weighted by atomic mass is 9.91. The minimum atomic E-state index is -2.95. The molecular weight excluding hydrogens is 613 g/mol. The van der Waals surface area contributed by atoms with Gasteiger partial charge in [-0.3, -0.25) is 18.8 Å². The summed E-state index contributed by atoms with van der Waals surface area (Å²) in [6, 6.07) is 13.1. The summed E-state index contributed by atoms with van der Waals surface area (Å²) in [6.07, 6.45) is 8.25. The third kappa shape index (κ3) is 5.85. The average molecular weight is 646 g/mol. The number of aliphatic hydroxyl groups is 1. The summed E-state index contributed by atoms with van der Waals surface area (Å²) >= 11 is 0. The van der Waals surface area contributed by atoms with Crippen LogP contribution in [0, 0.1) is 5.82 Å². The Morgan fingerprint density at radius 1 is 0.957 bits per heavy atom. The highest BCUT2D eigenvalue weighted by atomic mass is 32.2. The maximum Gasteiger partial charge on any atom is 0.264 e. The highest BCUT2D eigenvalue weighted by Crippen LogP contribution is 2.28. The molecule has 5 aromatic rings. The van der Waals surface area contributed by atoms with E-state index < -0.39 is 21.3 Å². The van der Waals surface area contributed by atoms with E-state index in [1.54, 1.807) is 15.8 Å². The monoisotopic (exact) mass is 645 g/mol. The number of likely N-dealkylation sites (tertiary alicyclic amines) is 1. The number of sulfone groups is 1. The van der Waals surface area contributed by atoms with E-state index in [-0.39, 0.29) is 48.4 Å². The van der Waals surface area contributed by atoms with Gasteiger partial charge in [-0.1, -0.05) is 12.1 Å². The quantitative estimate of drug-likeness (QED) is 0.297. The molecule has 1 N–H and O–H groups in total. The molecule has 0 spiro atoms. The minimum Gasteiger partial charge on any atom is -0.388 e. The summed E-state index contributed by atoms with van der Waals surface area (Å²) in [7, 11) is -2.95. The second-order valence-electron chi connectivity index (χ2n) is 12.1. The van der Waals surface area contributed by atoms with Crippen molar-refractivity contribution in [2.45, 2.75) is 43.9 Å². The molecule has 0 atom stereocenters. The van der Waals surface area contributed by atoms with Crippen molar-refractivity contribution in [1.82, 2.24) is 34.0 Å². The lowest BCUT2D eigenvalue weighted by Crippen LogP contribution is -2.49. The summed E-state index contributed by atoms with van der Waals surface area (Å²) in [5, 5.41) is 20.5. The van der Waals surface area contributed by atoms with E-state index >= 15 is 0 Å². The largest absolute Gasteiger partial charge is 0.388 e. The molecule has 238 valence electrons. The third-order valence-electron chi connectivity index (χ3n) is 9.04. The van der Waals surface area contributed by atoms with Gasteiger partial charge in [-0.2, -0.15) is 10.2 Å². The van der Waals surface area contributed by atoms with Gasteiger partial charge in [-0.05, 0) is 67.6 Å². The molecular formula is C32H32FN7O5S. The van der Waals surface area contributed by atoms with Crippen LogP contribution in [0.2, 0.25) is 0 Å². The lowest BCUT2D eigenvalue weighted by Gasteiger charge is -2.38. The highest BCUT2D eigenvalue weighted by Gasteiger charge is 2.35. The zero-order valence-electron chi connectivity index (χ0n) is 24.9. The van der Waals surface area contributed by atoms with Crippen LogP contribution in [0.15, 0.2) is 78.2 Å². The van der Waals surface area contributed by atoms with E-state index in [0.29, 0.717) is 48.2 Å². The van der Waals surface area contributed by atoms with E-state index in [4.69, 9.17) is 0 Å². The van der Waals surface area contributed by atoms with Crippen LogP contribution in [0.4, 0.5) is 4.39 Å². The zero-order valence-corrected chi connectivity index (χ0v) is 25.7. The first-order chi connectivity index (χ1) is 22.1. The van der Waals surface area contributed by atoms with E-state index in [1.807, 2.05) is 35.1 Å². The Morgan fingerprint density at radius 2 is 1.65 bits per heavy atom. The smallest absolute Gasteiger partial charge is 0.264 e. The van der Waals surface area contributed by atoms with Crippen LogP contribution in [0.25, 0.3) is 27.8 Å². The fourth-order valence-electron chi connectivity index (χ4n) is 6.25. The van der Waals surface area contributed by atoms with Crippen LogP contribution >= 0.6 is 0 Å². The number of hydrogen-bond donors (Lipinski definition) is 1. The van der Waals surface area contributed by atoms with Gasteiger partial charge in [0.2, 0.25) is 0 Å². The van der Waals surface area contributed by atoms with Gasteiger partial charge in [0.25, 0.3) is 11.5 Å². The second-order valence-corrected chi connectivity index (χ2v) is 14.4. The van der Waals surface area contributed by atoms with Crippen molar-refractivity contribution in [3.63, 3.8) is 0 Å². The van der Waals surface area contributed by atoms with Crippen LogP contribution in [0.5, 0.6) is 0 Å². The molecule has 14 heteroatoms. The summed E-state index contributed by atoms with van der Waals surface area (Å²) < 4.78 is 41.6. The molecule has 12 nitrogen and oxygen atoms in total. The minimum absolute atomic E-state index is 0.0254. The molecule has 1 amide bonds. The van der Waals surface area contributed by atoms with Crippen molar-refractivity contribution in [2.24, 2.45) is 0 Å². The predicted molar refractivity (Wildman–Crippen MR) is 168 cm³/mol. The van der Waals surface area contributed by atoms with Crippen LogP contribution in [-0.2, 0) is 16.4 Å². The Morgan fingerprint density at radius 3 is 2.35 bits per heavy atom. The molecule has 0 saturated carbocycles. The number of amides is 1. The highest BCUT2D eigenvalue weighted by molar-refractivity contribution is 7.91. The molecule has 2 aliphatic rings. The third-order valence-corrected chi connectivity index (χ3v) is 10.8. The van der Waals surface area contributed by atoms with E-state index in [0.717, 1.165) is 11.1 Å². The Balaban J connectivity index is 1.03. The summed E-state index contributed by atoms with van der Waals surface area (Å²) in [4.78, 5) is 32.3. The molecule has 46 heavy (non-hydrogen) atoms. The molecule has 7 rings (SSSR count). The van der Waals surface area contributed by atoms with Gasteiger partial charge in [0.05, 0.1) is 47.8 Å². The number of halogens is 1. The van der Waals surface area contributed by atoms with Crippen molar-refractivity contribution in [3.8, 4) is 16.8 Å². The normalized spacial score (nSPS) is 18.2. The Hall–Kier alpha value is -4.69. The number of carbonyl (C=O) groups excluding carboxylic acids is 1. The molecule has 2 aromatic carbocycles. The number of rotatable bonds is 6. The summed E-state index contributed by atoms with van der Waals surface area (Å²) in [5.74, 6) is -0.278. The Bertz CT molecular complexity index is 2070. The fraction of sp³-hybridized carbons (Fsp3) is 0.344. The van der Waals surface area contributed by atoms with Gasteiger partial charge in [-0.25, -0.2) is 22.5 Å². The van der Waals surface area contributed by atoms with Crippen LogP contribution < -0.4 is 5.56 Å². The molecule has 2 fully saturated rings. The number of piperidine rings is 1. The van der Waals surface area contributed by atoms with Gasteiger partial charge in [0, 0.05) is 30.4 Å². The molecule has 0 unspecified atom stereocenters. The van der Waals surface area contributed by atoms with Gasteiger partial charge < -0.3 is 10.0 Å². The SMILES string of the molecule is O=C(c1ccc(F)cc1)N1CCC(O)(Cn2cnc3c(cnn3-c3ccc(-c4cnn(C5CCS(=O)(=O)CC5)c4)cc3)c2=O)CC1. The first-order valence-corrected chi connectivity index (χ1v) is 17.0. The van der Waals surface area contributed by atoms with Gasteiger partial charge >= 0.3 is 0 Å². The standard InChI is InChI=1S/C32H32FN7O5S/c33-25-5-1-23(2-6-25)30(41)37-13-11-32(43,12-14-37)20-38-21-34-29-28(31(38)42)18-36-40(29)27-7-3-22(4-8-27)24-17-35-39(19-24)26-9-15-46(44,45)16-10-26/h1-8,17-19,21,26,43H,9-16,20H2. The molecule has 3 aromatic heterocycles. The zero-order chi connectivity index (χ0) is 32.1. The van der Waals surface area contributed by atoms with Crippen molar-refractivity contribution in [3.05, 3.63) is 95.2 Å². The number of nitrogens with zero attached hydrogens (tertiary/aromatic N) is 7. The topological polar surface area (TPSA) is 145 Å². The van der Waals surface area contributed by atoms with Crippen LogP contribution in [0.3, 0.4) is 0 Å². The van der Waals surface area contributed by atoms with Crippen molar-refractivity contribution >= 4 is 26.8 Å². The molecule has 0 radical (unpaired) electrons. The first-order valence-electron chi connectivity index (χ1n) is 15.1. The van der Waals surface area contributed by atoms with E-state index in [1.165, 1.54) is 41.4 Å². The molecule has 0 aliphatic carbocycles. The van der Waals surface area contributed by atoms with E-state index in [2.05, 4.69) is 15.2 Å². The summed E-state index contributed by atoms with van der Waals surface area (Å²) in [5.41, 5.74) is 1.81. The second kappa shape index (κ2) is 11.6. The maximum absolute atomic E-state index is 13.4. The Kier molecular flexibility index (Phi) is 7.56. The lowest BCUT2D eigenvalue weighted by molar-refractivity contribution is -0.0299. The number of carbonyl (C=O) groups is 1. The van der Waals surface area contributed by atoms with Gasteiger partial charge in [0.15, 0.2) is 5.65 Å². The van der Waals surface area contributed by atoms with Crippen molar-refractivity contribution in [1.29, 1.82) is 0 Å². The number of benzene rings is 2. The molecule has 5 heterocycles. The molecule has 2 saturated heterocycles. The van der Waals surface area contributed by atoms with Gasteiger partial charge in [0.1, 0.15) is 27.4 Å². The first kappa shape index (κ1) is 30.0. The predicted octanol–water partition coefficient (Wildman–Crippen LogP) is 3.00. The Labute approximate surface area is 263 Å². The number of hydrogen-bond acceptors (Lipinski definition) is 8. The van der Waals surface area contributed by atoms with Gasteiger partial charge in [-0.15, -0.1) is 0 Å². The van der Waals surface area contributed by atoms with Crippen LogP contribution in [-0.4, -0.2) is 83.6 Å². The number of fused-ring (bicyclic) bond motifs is 1. The summed E-state index contributed by atoms with van der Waals surface area (Å²) in [6.45, 7) is 0.630. The number of aromatic nitrogens is 6. The maximum atomic E-state index is 13.4. The molecule has 2 aliphatic heterocycles. The van der Waals surface area contributed by atoms with E-state index in [9.17, 15) is 27.5 Å². The van der Waals surface area contributed by atoms with Crippen molar-refractivity contribution in [2.75, 3.05) is 24.6 Å².